The molecule has 19 heavy (non-hydrogen) atoms. The highest BCUT2D eigenvalue weighted by Crippen LogP contribution is 2.40. The summed E-state index contributed by atoms with van der Waals surface area (Å²) in [6.45, 7) is 3.29. The molecule has 2 atom stereocenters. The minimum atomic E-state index is -0.285. The predicted molar refractivity (Wildman–Crippen MR) is 77.2 cm³/mol. The molecule has 7 heteroatoms. The summed E-state index contributed by atoms with van der Waals surface area (Å²) < 4.78 is 5.46. The van der Waals surface area contributed by atoms with Crippen molar-refractivity contribution in [3.8, 4) is 0 Å². The summed E-state index contributed by atoms with van der Waals surface area (Å²) in [5.41, 5.74) is 1.12. The third-order valence-corrected chi connectivity index (χ3v) is 4.12. The Hall–Kier alpha value is -0.690. The monoisotopic (exact) mass is 303 g/mol. The van der Waals surface area contributed by atoms with Crippen molar-refractivity contribution in [3.63, 3.8) is 0 Å². The van der Waals surface area contributed by atoms with Gasteiger partial charge in [-0.3, -0.25) is 4.79 Å². The molecule has 0 bridgehead atoms. The van der Waals surface area contributed by atoms with E-state index < -0.39 is 0 Å². The molecule has 2 N–H and O–H groups in total. The molecule has 0 radical (unpaired) electrons. The van der Waals surface area contributed by atoms with Gasteiger partial charge in [0.1, 0.15) is 6.04 Å². The van der Waals surface area contributed by atoms with E-state index in [0.29, 0.717) is 24.2 Å². The van der Waals surface area contributed by atoms with Gasteiger partial charge < -0.3 is 15.4 Å². The Morgan fingerprint density at radius 1 is 1.58 bits per heavy atom. The Balaban J connectivity index is 0.00000133. The summed E-state index contributed by atoms with van der Waals surface area (Å²) in [4.78, 5) is 16.5. The number of hydrogen-bond acceptors (Lipinski definition) is 5. The molecule has 0 spiro atoms. The minimum absolute atomic E-state index is 0. The number of nitrogens with zero attached hydrogens (tertiary/aromatic N) is 1. The van der Waals surface area contributed by atoms with Crippen molar-refractivity contribution in [2.45, 2.75) is 37.8 Å². The Morgan fingerprint density at radius 2 is 2.37 bits per heavy atom. The Morgan fingerprint density at radius 3 is 3.05 bits per heavy atom. The first kappa shape index (κ1) is 14.7. The van der Waals surface area contributed by atoms with Crippen molar-refractivity contribution >= 4 is 34.8 Å². The number of morpholine rings is 1. The van der Waals surface area contributed by atoms with Crippen LogP contribution in [0, 0.1) is 0 Å². The molecule has 2 fully saturated rings. The van der Waals surface area contributed by atoms with Gasteiger partial charge in [-0.2, -0.15) is 0 Å². The summed E-state index contributed by atoms with van der Waals surface area (Å²) in [5, 5.41) is 8.78. The van der Waals surface area contributed by atoms with Gasteiger partial charge >= 0.3 is 0 Å². The van der Waals surface area contributed by atoms with Gasteiger partial charge in [0.15, 0.2) is 5.13 Å². The summed E-state index contributed by atoms with van der Waals surface area (Å²) in [6, 6.07) is -0.285. The number of anilines is 1. The van der Waals surface area contributed by atoms with E-state index in [4.69, 9.17) is 4.74 Å². The van der Waals surface area contributed by atoms with Crippen molar-refractivity contribution in [2.75, 3.05) is 18.5 Å². The van der Waals surface area contributed by atoms with Crippen LogP contribution in [0.25, 0.3) is 0 Å². The summed E-state index contributed by atoms with van der Waals surface area (Å²) in [7, 11) is 0. The minimum Gasteiger partial charge on any atom is -0.375 e. The predicted octanol–water partition coefficient (Wildman–Crippen LogP) is 1.76. The molecule has 1 aliphatic heterocycles. The fourth-order valence-corrected chi connectivity index (χ4v) is 2.92. The molecule has 1 saturated heterocycles. The van der Waals surface area contributed by atoms with E-state index in [1.54, 1.807) is 0 Å². The normalized spacial score (nSPS) is 26.6. The summed E-state index contributed by atoms with van der Waals surface area (Å²) in [6.07, 6.45) is 2.36. The zero-order valence-corrected chi connectivity index (χ0v) is 12.4. The second-order valence-electron chi connectivity index (χ2n) is 4.85. The van der Waals surface area contributed by atoms with E-state index in [2.05, 4.69) is 15.6 Å². The van der Waals surface area contributed by atoms with Crippen LogP contribution in [0.2, 0.25) is 0 Å². The van der Waals surface area contributed by atoms with Gasteiger partial charge in [-0.25, -0.2) is 4.98 Å². The number of ether oxygens (including phenoxy) is 1. The van der Waals surface area contributed by atoms with Crippen molar-refractivity contribution in [2.24, 2.45) is 0 Å². The molecule has 2 heterocycles. The van der Waals surface area contributed by atoms with Crippen LogP contribution in [0.3, 0.4) is 0 Å². The number of rotatable bonds is 3. The number of carbonyl (C=O) groups is 1. The van der Waals surface area contributed by atoms with E-state index >= 15 is 0 Å². The SMILES string of the molecule is C[C@H]1OCCN[C@@H]1C(=O)Nc1nc(C2CC2)cs1.Cl. The molecule has 1 aliphatic carbocycles. The van der Waals surface area contributed by atoms with Crippen LogP contribution in [0.15, 0.2) is 5.38 Å². The molecular weight excluding hydrogens is 286 g/mol. The van der Waals surface area contributed by atoms with Gasteiger partial charge in [0, 0.05) is 17.8 Å². The van der Waals surface area contributed by atoms with E-state index in [1.807, 2.05) is 12.3 Å². The maximum atomic E-state index is 12.1. The van der Waals surface area contributed by atoms with Crippen LogP contribution >= 0.6 is 23.7 Å². The number of hydrogen-bond donors (Lipinski definition) is 2. The highest BCUT2D eigenvalue weighted by atomic mass is 35.5. The second kappa shape index (κ2) is 6.17. The smallest absolute Gasteiger partial charge is 0.245 e. The second-order valence-corrected chi connectivity index (χ2v) is 5.71. The maximum Gasteiger partial charge on any atom is 0.245 e. The lowest BCUT2D eigenvalue weighted by Gasteiger charge is -2.28. The van der Waals surface area contributed by atoms with Crippen molar-refractivity contribution in [1.82, 2.24) is 10.3 Å². The highest BCUT2D eigenvalue weighted by Gasteiger charge is 2.30. The molecule has 1 aromatic rings. The summed E-state index contributed by atoms with van der Waals surface area (Å²) in [5.74, 6) is 0.570. The zero-order valence-electron chi connectivity index (χ0n) is 10.7. The third kappa shape index (κ3) is 3.45. The van der Waals surface area contributed by atoms with Crippen LogP contribution in [-0.2, 0) is 9.53 Å². The lowest BCUT2D eigenvalue weighted by molar-refractivity contribution is -0.123. The molecule has 2 aliphatic rings. The number of thiazole rings is 1. The fraction of sp³-hybridized carbons (Fsp3) is 0.667. The maximum absolute atomic E-state index is 12.1. The topological polar surface area (TPSA) is 63.2 Å². The first-order valence-electron chi connectivity index (χ1n) is 6.35. The fourth-order valence-electron chi connectivity index (χ4n) is 2.12. The molecule has 1 saturated carbocycles. The average Bonchev–Trinajstić information content (AvgIpc) is 3.11. The molecule has 1 amide bonds. The van der Waals surface area contributed by atoms with Gasteiger partial charge in [0.25, 0.3) is 0 Å². The molecule has 3 rings (SSSR count). The van der Waals surface area contributed by atoms with E-state index in [1.165, 1.54) is 24.2 Å². The van der Waals surface area contributed by atoms with Gasteiger partial charge in [-0.1, -0.05) is 0 Å². The van der Waals surface area contributed by atoms with Crippen LogP contribution < -0.4 is 10.6 Å². The van der Waals surface area contributed by atoms with Crippen LogP contribution in [0.1, 0.15) is 31.4 Å². The van der Waals surface area contributed by atoms with Crippen LogP contribution in [0.4, 0.5) is 5.13 Å². The van der Waals surface area contributed by atoms with E-state index in [0.717, 1.165) is 5.69 Å². The molecule has 5 nitrogen and oxygen atoms in total. The standard InChI is InChI=1S/C12H17N3O2S.ClH/c1-7-10(13-4-5-17-7)11(16)15-12-14-9(6-18-12)8-2-3-8;/h6-8,10,13H,2-5H2,1H3,(H,14,15,16);1H/t7-,10+;/m1./s1. The first-order valence-corrected chi connectivity index (χ1v) is 7.23. The number of amides is 1. The number of halogens is 1. The van der Waals surface area contributed by atoms with Crippen LogP contribution in [-0.4, -0.2) is 36.2 Å². The molecule has 0 unspecified atom stereocenters. The van der Waals surface area contributed by atoms with Crippen LogP contribution in [0.5, 0.6) is 0 Å². The molecule has 1 aromatic heterocycles. The van der Waals surface area contributed by atoms with Gasteiger partial charge in [0.05, 0.1) is 18.4 Å². The lowest BCUT2D eigenvalue weighted by Crippen LogP contribution is -2.53. The molecule has 0 aromatic carbocycles. The van der Waals surface area contributed by atoms with Crippen molar-refractivity contribution < 1.29 is 9.53 Å². The van der Waals surface area contributed by atoms with E-state index in [-0.39, 0.29) is 30.5 Å². The van der Waals surface area contributed by atoms with Gasteiger partial charge in [-0.05, 0) is 19.8 Å². The summed E-state index contributed by atoms with van der Waals surface area (Å²) >= 11 is 1.50. The number of aromatic nitrogens is 1. The third-order valence-electron chi connectivity index (χ3n) is 3.35. The average molecular weight is 304 g/mol. The molecule has 106 valence electrons. The number of nitrogens with one attached hydrogen (secondary N) is 2. The van der Waals surface area contributed by atoms with Crippen molar-refractivity contribution in [1.29, 1.82) is 0 Å². The first-order chi connectivity index (χ1) is 8.74. The van der Waals surface area contributed by atoms with E-state index in [9.17, 15) is 4.79 Å². The Bertz CT molecular complexity index is 450. The quantitative estimate of drug-likeness (QED) is 0.893. The van der Waals surface area contributed by atoms with Gasteiger partial charge in [-0.15, -0.1) is 23.7 Å². The highest BCUT2D eigenvalue weighted by molar-refractivity contribution is 7.13. The largest absolute Gasteiger partial charge is 0.375 e. The van der Waals surface area contributed by atoms with Crippen molar-refractivity contribution in [3.05, 3.63) is 11.1 Å². The Kier molecular flexibility index (Phi) is 4.78. The number of carbonyl (C=O) groups excluding carboxylic acids is 1. The Labute approximate surface area is 122 Å². The molecular formula is C12H18ClN3O2S. The lowest BCUT2D eigenvalue weighted by atomic mass is 10.1. The van der Waals surface area contributed by atoms with Gasteiger partial charge in [0.2, 0.25) is 5.91 Å². The zero-order chi connectivity index (χ0) is 12.5.